The highest BCUT2D eigenvalue weighted by Crippen LogP contribution is 2.33. The maximum atomic E-state index is 13.0. The summed E-state index contributed by atoms with van der Waals surface area (Å²) in [5, 5.41) is 2.51. The Bertz CT molecular complexity index is 901. The van der Waals surface area contributed by atoms with E-state index in [0.29, 0.717) is 12.1 Å². The lowest BCUT2D eigenvalue weighted by Gasteiger charge is -2.13. The Kier molecular flexibility index (Phi) is 4.79. The van der Waals surface area contributed by atoms with E-state index in [-0.39, 0.29) is 11.3 Å². The summed E-state index contributed by atoms with van der Waals surface area (Å²) >= 11 is 0. The van der Waals surface area contributed by atoms with E-state index in [4.69, 9.17) is 0 Å². The zero-order valence-electron chi connectivity index (χ0n) is 13.9. The summed E-state index contributed by atoms with van der Waals surface area (Å²) in [6, 6.07) is 10.6. The summed E-state index contributed by atoms with van der Waals surface area (Å²) in [6.07, 6.45) is 0.741. The first-order valence-electron chi connectivity index (χ1n) is 7.87. The Hall–Kier alpha value is -3.09. The molecule has 4 nitrogen and oxygen atoms in total. The molecular weight excluding hydrogens is 343 g/mol. The molecule has 0 aliphatic rings. The summed E-state index contributed by atoms with van der Waals surface area (Å²) in [6.45, 7) is 2.00. The van der Waals surface area contributed by atoms with E-state index in [2.05, 4.69) is 10.3 Å². The monoisotopic (exact) mass is 359 g/mol. The van der Waals surface area contributed by atoms with Gasteiger partial charge in [-0.15, -0.1) is 0 Å². The predicted molar refractivity (Wildman–Crippen MR) is 91.9 cm³/mol. The molecule has 134 valence electrons. The molecule has 7 heteroatoms. The van der Waals surface area contributed by atoms with Gasteiger partial charge in [-0.25, -0.2) is 4.98 Å². The molecule has 0 aliphatic carbocycles. The number of halogens is 3. The van der Waals surface area contributed by atoms with Crippen molar-refractivity contribution >= 4 is 11.6 Å². The summed E-state index contributed by atoms with van der Waals surface area (Å²) in [5.41, 5.74) is 0.809. The number of carbonyl (C=O) groups excluding carboxylic acids is 1. The molecule has 3 aromatic rings. The Morgan fingerprint density at radius 1 is 1.15 bits per heavy atom. The van der Waals surface area contributed by atoms with E-state index in [1.165, 1.54) is 19.1 Å². The SMILES string of the molecule is Cc1ccc(NC(=O)c2ccc(Cn3ccnc3)cc2)cc1C(F)(F)F. The fraction of sp³-hybridized carbons (Fsp3) is 0.158. The molecule has 0 bridgehead atoms. The highest BCUT2D eigenvalue weighted by molar-refractivity contribution is 6.04. The molecule has 0 saturated heterocycles. The van der Waals surface area contributed by atoms with Gasteiger partial charge in [0, 0.05) is 30.2 Å². The second-order valence-corrected chi connectivity index (χ2v) is 5.91. The van der Waals surface area contributed by atoms with Gasteiger partial charge in [0.15, 0.2) is 0 Å². The van der Waals surface area contributed by atoms with Crippen LogP contribution >= 0.6 is 0 Å². The molecule has 0 saturated carbocycles. The van der Waals surface area contributed by atoms with Crippen LogP contribution in [0.1, 0.15) is 27.0 Å². The number of hydrogen-bond donors (Lipinski definition) is 1. The molecule has 0 spiro atoms. The van der Waals surface area contributed by atoms with Crippen molar-refractivity contribution in [2.24, 2.45) is 0 Å². The Morgan fingerprint density at radius 3 is 2.50 bits per heavy atom. The van der Waals surface area contributed by atoms with Crippen molar-refractivity contribution in [1.29, 1.82) is 0 Å². The number of hydrogen-bond acceptors (Lipinski definition) is 2. The number of nitrogens with one attached hydrogen (secondary N) is 1. The van der Waals surface area contributed by atoms with Gasteiger partial charge in [0.25, 0.3) is 5.91 Å². The van der Waals surface area contributed by atoms with E-state index >= 15 is 0 Å². The molecule has 0 radical (unpaired) electrons. The van der Waals surface area contributed by atoms with Gasteiger partial charge >= 0.3 is 6.18 Å². The van der Waals surface area contributed by atoms with Crippen LogP contribution in [0, 0.1) is 6.92 Å². The van der Waals surface area contributed by atoms with Crippen LogP contribution in [0.5, 0.6) is 0 Å². The molecule has 0 atom stereocenters. The van der Waals surface area contributed by atoms with Crippen LogP contribution < -0.4 is 5.32 Å². The van der Waals surface area contributed by atoms with Crippen LogP contribution in [-0.2, 0) is 12.7 Å². The number of rotatable bonds is 4. The van der Waals surface area contributed by atoms with Crippen LogP contribution in [0.4, 0.5) is 18.9 Å². The lowest BCUT2D eigenvalue weighted by atomic mass is 10.1. The molecule has 0 unspecified atom stereocenters. The van der Waals surface area contributed by atoms with E-state index in [9.17, 15) is 18.0 Å². The number of nitrogens with zero attached hydrogens (tertiary/aromatic N) is 2. The van der Waals surface area contributed by atoms with E-state index in [1.54, 1.807) is 36.8 Å². The largest absolute Gasteiger partial charge is 0.416 e. The van der Waals surface area contributed by atoms with Gasteiger partial charge in [0.05, 0.1) is 11.9 Å². The summed E-state index contributed by atoms with van der Waals surface area (Å²) in [7, 11) is 0. The second-order valence-electron chi connectivity index (χ2n) is 5.91. The third-order valence-corrected chi connectivity index (χ3v) is 3.94. The van der Waals surface area contributed by atoms with Crippen LogP contribution in [0.2, 0.25) is 0 Å². The third-order valence-electron chi connectivity index (χ3n) is 3.94. The minimum absolute atomic E-state index is 0.107. The highest BCUT2D eigenvalue weighted by atomic mass is 19.4. The van der Waals surface area contributed by atoms with Crippen molar-refractivity contribution in [3.05, 3.63) is 83.4 Å². The summed E-state index contributed by atoms with van der Waals surface area (Å²) in [4.78, 5) is 16.2. The minimum atomic E-state index is -4.46. The van der Waals surface area contributed by atoms with Gasteiger partial charge in [-0.3, -0.25) is 4.79 Å². The molecule has 26 heavy (non-hydrogen) atoms. The number of imidazole rings is 1. The fourth-order valence-electron chi connectivity index (χ4n) is 2.56. The fourth-order valence-corrected chi connectivity index (χ4v) is 2.56. The van der Waals surface area contributed by atoms with Crippen molar-refractivity contribution < 1.29 is 18.0 Å². The molecule has 1 amide bonds. The van der Waals surface area contributed by atoms with Gasteiger partial charge in [-0.2, -0.15) is 13.2 Å². The first-order chi connectivity index (χ1) is 12.3. The standard InChI is InChI=1S/C19H16F3N3O/c1-13-2-7-16(10-17(13)19(20,21)22)24-18(26)15-5-3-14(4-6-15)11-25-9-8-23-12-25/h2-10,12H,11H2,1H3,(H,24,26). The van der Waals surface area contributed by atoms with Gasteiger partial charge in [0.1, 0.15) is 0 Å². The molecule has 1 N–H and O–H groups in total. The number of alkyl halides is 3. The Morgan fingerprint density at radius 2 is 1.88 bits per heavy atom. The zero-order chi connectivity index (χ0) is 18.7. The van der Waals surface area contributed by atoms with Gasteiger partial charge in [0.2, 0.25) is 0 Å². The molecule has 3 rings (SSSR count). The zero-order valence-corrected chi connectivity index (χ0v) is 13.9. The van der Waals surface area contributed by atoms with Crippen LogP contribution in [0.3, 0.4) is 0 Å². The van der Waals surface area contributed by atoms with Gasteiger partial charge < -0.3 is 9.88 Å². The number of aromatic nitrogens is 2. The van der Waals surface area contributed by atoms with Crippen molar-refractivity contribution in [2.75, 3.05) is 5.32 Å². The van der Waals surface area contributed by atoms with Crippen molar-refractivity contribution in [3.63, 3.8) is 0 Å². The van der Waals surface area contributed by atoms with Crippen LogP contribution in [0.15, 0.2) is 61.2 Å². The molecular formula is C19H16F3N3O. The number of anilines is 1. The first kappa shape index (κ1) is 17.7. The molecule has 1 heterocycles. The lowest BCUT2D eigenvalue weighted by Crippen LogP contribution is -2.14. The number of benzene rings is 2. The maximum Gasteiger partial charge on any atom is 0.416 e. The third kappa shape index (κ3) is 4.11. The average Bonchev–Trinajstić information content (AvgIpc) is 3.09. The van der Waals surface area contributed by atoms with Crippen molar-refractivity contribution in [1.82, 2.24) is 9.55 Å². The molecule has 0 fully saturated rings. The Balaban J connectivity index is 1.72. The second kappa shape index (κ2) is 7.03. The molecule has 0 aliphatic heterocycles. The molecule has 1 aromatic heterocycles. The number of aryl methyl sites for hydroxylation is 1. The lowest BCUT2D eigenvalue weighted by molar-refractivity contribution is -0.138. The van der Waals surface area contributed by atoms with Gasteiger partial charge in [-0.1, -0.05) is 18.2 Å². The average molecular weight is 359 g/mol. The molecule has 2 aromatic carbocycles. The highest BCUT2D eigenvalue weighted by Gasteiger charge is 2.32. The van der Waals surface area contributed by atoms with Crippen LogP contribution in [-0.4, -0.2) is 15.5 Å². The predicted octanol–water partition coefficient (Wildman–Crippen LogP) is 4.51. The number of carbonyl (C=O) groups is 1. The Labute approximate surface area is 148 Å². The van der Waals surface area contributed by atoms with E-state index in [0.717, 1.165) is 11.6 Å². The van der Waals surface area contributed by atoms with Crippen LogP contribution in [0.25, 0.3) is 0 Å². The minimum Gasteiger partial charge on any atom is -0.333 e. The topological polar surface area (TPSA) is 46.9 Å². The number of amides is 1. The normalized spacial score (nSPS) is 11.4. The van der Waals surface area contributed by atoms with Crippen molar-refractivity contribution in [2.45, 2.75) is 19.6 Å². The van der Waals surface area contributed by atoms with E-state index in [1.807, 2.05) is 10.8 Å². The smallest absolute Gasteiger partial charge is 0.333 e. The maximum absolute atomic E-state index is 13.0. The first-order valence-corrected chi connectivity index (χ1v) is 7.87. The summed E-state index contributed by atoms with van der Waals surface area (Å²) < 4.78 is 40.8. The van der Waals surface area contributed by atoms with Gasteiger partial charge in [-0.05, 0) is 42.3 Å². The summed E-state index contributed by atoms with van der Waals surface area (Å²) in [5.74, 6) is -0.462. The van der Waals surface area contributed by atoms with Crippen molar-refractivity contribution in [3.8, 4) is 0 Å². The van der Waals surface area contributed by atoms with E-state index < -0.39 is 17.6 Å². The quantitative estimate of drug-likeness (QED) is 0.745.